The van der Waals surface area contributed by atoms with E-state index >= 15 is 0 Å². The van der Waals surface area contributed by atoms with Gasteiger partial charge in [-0.2, -0.15) is 0 Å². The molecule has 1 fully saturated rings. The number of piperidine rings is 1. The molecule has 21 heavy (non-hydrogen) atoms. The van der Waals surface area contributed by atoms with Gasteiger partial charge in [0.1, 0.15) is 0 Å². The van der Waals surface area contributed by atoms with Crippen LogP contribution in [0.5, 0.6) is 0 Å². The third-order valence-electron chi connectivity index (χ3n) is 4.04. The molecule has 0 aliphatic carbocycles. The molecule has 1 amide bonds. The van der Waals surface area contributed by atoms with Crippen molar-refractivity contribution in [3.05, 3.63) is 28.8 Å². The summed E-state index contributed by atoms with van der Waals surface area (Å²) in [5.41, 5.74) is 2.40. The number of hydrogen-bond donors (Lipinski definition) is 2. The number of halogens is 1. The third-order valence-corrected chi connectivity index (χ3v) is 4.40. The maximum absolute atomic E-state index is 11.0. The Labute approximate surface area is 131 Å². The van der Waals surface area contributed by atoms with Crippen molar-refractivity contribution in [3.63, 3.8) is 0 Å². The van der Waals surface area contributed by atoms with Crippen LogP contribution in [-0.4, -0.2) is 32.6 Å². The van der Waals surface area contributed by atoms with Crippen LogP contribution < -0.4 is 15.5 Å². The van der Waals surface area contributed by atoms with Gasteiger partial charge in [0.05, 0.1) is 0 Å². The Morgan fingerprint density at radius 3 is 2.71 bits per heavy atom. The fourth-order valence-electron chi connectivity index (χ4n) is 2.86. The van der Waals surface area contributed by atoms with E-state index in [4.69, 9.17) is 11.6 Å². The smallest absolute Gasteiger partial charge is 0.216 e. The van der Waals surface area contributed by atoms with Crippen LogP contribution in [0.2, 0.25) is 5.02 Å². The van der Waals surface area contributed by atoms with Gasteiger partial charge in [0.2, 0.25) is 5.91 Å². The fraction of sp³-hybridized carbons (Fsp3) is 0.562. The molecule has 0 spiro atoms. The van der Waals surface area contributed by atoms with Crippen molar-refractivity contribution >= 4 is 23.2 Å². The van der Waals surface area contributed by atoms with Gasteiger partial charge in [-0.3, -0.25) is 4.79 Å². The largest absolute Gasteiger partial charge is 0.371 e. The van der Waals surface area contributed by atoms with E-state index in [2.05, 4.69) is 21.6 Å². The number of anilines is 1. The second-order valence-corrected chi connectivity index (χ2v) is 6.04. The van der Waals surface area contributed by atoms with Crippen LogP contribution in [0.4, 0.5) is 5.69 Å². The summed E-state index contributed by atoms with van der Waals surface area (Å²) in [4.78, 5) is 13.4. The number of nitrogens with zero attached hydrogens (tertiary/aromatic N) is 1. The molecule has 0 unspecified atom stereocenters. The van der Waals surface area contributed by atoms with Crippen LogP contribution in [0.1, 0.15) is 25.3 Å². The molecule has 5 heteroatoms. The maximum atomic E-state index is 11.0. The highest BCUT2D eigenvalue weighted by Gasteiger charge is 2.21. The predicted molar refractivity (Wildman–Crippen MR) is 87.8 cm³/mol. The van der Waals surface area contributed by atoms with Crippen molar-refractivity contribution in [2.24, 2.45) is 5.92 Å². The molecule has 116 valence electrons. The third kappa shape index (κ3) is 4.35. The summed E-state index contributed by atoms with van der Waals surface area (Å²) in [6.45, 7) is 5.18. The average molecular weight is 310 g/mol. The number of carbonyl (C=O) groups is 1. The molecule has 1 heterocycles. The molecule has 2 N–H and O–H groups in total. The molecule has 1 saturated heterocycles. The van der Waals surface area contributed by atoms with E-state index in [9.17, 15) is 4.79 Å². The molecule has 0 aromatic heterocycles. The second kappa shape index (κ2) is 7.66. The summed E-state index contributed by atoms with van der Waals surface area (Å²) in [7, 11) is 1.94. The quantitative estimate of drug-likeness (QED) is 0.878. The molecular weight excluding hydrogens is 286 g/mol. The lowest BCUT2D eigenvalue weighted by Gasteiger charge is -2.35. The number of rotatable bonds is 5. The van der Waals surface area contributed by atoms with Crippen molar-refractivity contribution < 1.29 is 4.79 Å². The van der Waals surface area contributed by atoms with E-state index in [1.54, 1.807) is 6.92 Å². The van der Waals surface area contributed by atoms with Crippen LogP contribution >= 0.6 is 11.6 Å². The van der Waals surface area contributed by atoms with Gasteiger partial charge in [0.25, 0.3) is 0 Å². The summed E-state index contributed by atoms with van der Waals surface area (Å²) in [6, 6.07) is 6.11. The minimum atomic E-state index is 0.0589. The number of nitrogens with one attached hydrogen (secondary N) is 2. The minimum absolute atomic E-state index is 0.0589. The van der Waals surface area contributed by atoms with Gasteiger partial charge in [-0.15, -0.1) is 0 Å². The van der Waals surface area contributed by atoms with Gasteiger partial charge in [-0.1, -0.05) is 17.7 Å². The van der Waals surface area contributed by atoms with Crippen molar-refractivity contribution in [2.45, 2.75) is 26.3 Å². The first-order valence-electron chi connectivity index (χ1n) is 7.53. The Morgan fingerprint density at radius 2 is 2.10 bits per heavy atom. The van der Waals surface area contributed by atoms with Gasteiger partial charge < -0.3 is 15.5 Å². The minimum Gasteiger partial charge on any atom is -0.371 e. The summed E-state index contributed by atoms with van der Waals surface area (Å²) < 4.78 is 0. The highest BCUT2D eigenvalue weighted by molar-refractivity contribution is 6.31. The Bertz CT molecular complexity index is 484. The molecule has 1 aliphatic heterocycles. The first-order valence-corrected chi connectivity index (χ1v) is 7.91. The van der Waals surface area contributed by atoms with Gasteiger partial charge in [-0.25, -0.2) is 0 Å². The Balaban J connectivity index is 1.99. The van der Waals surface area contributed by atoms with Crippen LogP contribution in [0.25, 0.3) is 0 Å². The van der Waals surface area contributed by atoms with Crippen molar-refractivity contribution in [2.75, 3.05) is 31.6 Å². The van der Waals surface area contributed by atoms with E-state index in [1.165, 1.54) is 11.3 Å². The summed E-state index contributed by atoms with van der Waals surface area (Å²) in [5.74, 6) is 0.640. The Morgan fingerprint density at radius 1 is 1.38 bits per heavy atom. The SMILES string of the molecule is CNCc1c(Cl)cccc1N1CCC(CNC(C)=O)CC1. The van der Waals surface area contributed by atoms with E-state index in [0.29, 0.717) is 5.92 Å². The van der Waals surface area contributed by atoms with E-state index < -0.39 is 0 Å². The first-order chi connectivity index (χ1) is 10.1. The average Bonchev–Trinajstić information content (AvgIpc) is 2.48. The number of benzene rings is 1. The van der Waals surface area contributed by atoms with Crippen molar-refractivity contribution in [1.82, 2.24) is 10.6 Å². The summed E-state index contributed by atoms with van der Waals surface area (Å²) in [6.07, 6.45) is 2.21. The fourth-order valence-corrected chi connectivity index (χ4v) is 3.10. The zero-order valence-electron chi connectivity index (χ0n) is 12.8. The molecule has 1 aromatic rings. The number of carbonyl (C=O) groups excluding carboxylic acids is 1. The normalized spacial score (nSPS) is 16.0. The second-order valence-electron chi connectivity index (χ2n) is 5.64. The highest BCUT2D eigenvalue weighted by Crippen LogP contribution is 2.30. The van der Waals surface area contributed by atoms with E-state index in [-0.39, 0.29) is 5.91 Å². The molecule has 0 bridgehead atoms. The highest BCUT2D eigenvalue weighted by atomic mass is 35.5. The lowest BCUT2D eigenvalue weighted by atomic mass is 9.95. The molecule has 0 saturated carbocycles. The molecule has 2 rings (SSSR count). The summed E-state index contributed by atoms with van der Waals surface area (Å²) in [5, 5.41) is 6.93. The van der Waals surface area contributed by atoms with Gasteiger partial charge in [0.15, 0.2) is 0 Å². The van der Waals surface area contributed by atoms with Crippen molar-refractivity contribution in [3.8, 4) is 0 Å². The predicted octanol–water partition coefficient (Wildman–Crippen LogP) is 2.41. The van der Waals surface area contributed by atoms with Crippen molar-refractivity contribution in [1.29, 1.82) is 0 Å². The zero-order chi connectivity index (χ0) is 15.2. The Kier molecular flexibility index (Phi) is 5.88. The molecule has 0 atom stereocenters. The van der Waals surface area contributed by atoms with E-state index in [0.717, 1.165) is 44.0 Å². The van der Waals surface area contributed by atoms with E-state index in [1.807, 2.05) is 19.2 Å². The van der Waals surface area contributed by atoms with Gasteiger partial charge >= 0.3 is 0 Å². The lowest BCUT2D eigenvalue weighted by molar-refractivity contribution is -0.119. The standard InChI is InChI=1S/C16H24ClN3O/c1-12(21)19-10-13-6-8-20(9-7-13)16-5-3-4-15(17)14(16)11-18-2/h3-5,13,18H,6-11H2,1-2H3,(H,19,21). The van der Waals surface area contributed by atoms with Gasteiger partial charge in [-0.05, 0) is 37.9 Å². The van der Waals surface area contributed by atoms with Crippen LogP contribution in [-0.2, 0) is 11.3 Å². The molecular formula is C16H24ClN3O. The van der Waals surface area contributed by atoms with Crippen LogP contribution in [0.3, 0.4) is 0 Å². The molecule has 1 aromatic carbocycles. The topological polar surface area (TPSA) is 44.4 Å². The molecule has 1 aliphatic rings. The maximum Gasteiger partial charge on any atom is 0.216 e. The molecule has 0 radical (unpaired) electrons. The van der Waals surface area contributed by atoms with Gasteiger partial charge in [0, 0.05) is 49.4 Å². The Hall–Kier alpha value is -1.26. The number of hydrogen-bond acceptors (Lipinski definition) is 3. The molecule has 4 nitrogen and oxygen atoms in total. The summed E-state index contributed by atoms with van der Waals surface area (Å²) >= 11 is 6.33. The zero-order valence-corrected chi connectivity index (χ0v) is 13.5. The van der Waals surface area contributed by atoms with Crippen LogP contribution in [0.15, 0.2) is 18.2 Å². The monoisotopic (exact) mass is 309 g/mol. The van der Waals surface area contributed by atoms with Crippen LogP contribution in [0, 0.1) is 5.92 Å². The number of amides is 1. The first kappa shape index (κ1) is 16.1. The lowest BCUT2D eigenvalue weighted by Crippen LogP contribution is -2.38.